The van der Waals surface area contributed by atoms with Gasteiger partial charge in [-0.25, -0.2) is 4.39 Å². The summed E-state index contributed by atoms with van der Waals surface area (Å²) in [5, 5.41) is 6.11. The number of amides is 1. The van der Waals surface area contributed by atoms with Crippen molar-refractivity contribution in [1.29, 1.82) is 0 Å². The first kappa shape index (κ1) is 16.0. The largest absolute Gasteiger partial charge is 0.355 e. The summed E-state index contributed by atoms with van der Waals surface area (Å²) in [7, 11) is 1.85. The molecular weight excluding hydrogens is 267 g/mol. The summed E-state index contributed by atoms with van der Waals surface area (Å²) >= 11 is 0. The molecule has 0 bridgehead atoms. The third-order valence-electron chi connectivity index (χ3n) is 4.58. The quantitative estimate of drug-likeness (QED) is 0.846. The average Bonchev–Trinajstić information content (AvgIpc) is 2.96. The van der Waals surface area contributed by atoms with Crippen molar-refractivity contribution in [3.05, 3.63) is 35.6 Å². The highest BCUT2D eigenvalue weighted by molar-refractivity contribution is 5.78. The summed E-state index contributed by atoms with van der Waals surface area (Å²) in [4.78, 5) is 12.1. The molecule has 1 aliphatic carbocycles. The average molecular weight is 292 g/mol. The van der Waals surface area contributed by atoms with Gasteiger partial charge < -0.3 is 10.6 Å². The summed E-state index contributed by atoms with van der Waals surface area (Å²) in [6, 6.07) is 6.76. The molecule has 0 spiro atoms. The molecule has 1 aromatic rings. The standard InChI is InChI=1S/C17H25FN2O/c1-13(11-19-2)16(21)20-12-17(9-3-4-10-17)14-5-7-15(18)8-6-14/h5-8,13,19H,3-4,9-12H2,1-2H3,(H,20,21). The van der Waals surface area contributed by atoms with Crippen LogP contribution in [0.3, 0.4) is 0 Å². The Morgan fingerprint density at radius 3 is 2.48 bits per heavy atom. The van der Waals surface area contributed by atoms with Crippen LogP contribution >= 0.6 is 0 Å². The molecule has 1 aliphatic rings. The third kappa shape index (κ3) is 3.82. The Kier molecular flexibility index (Phi) is 5.34. The molecule has 4 heteroatoms. The van der Waals surface area contributed by atoms with Gasteiger partial charge in [0, 0.05) is 24.4 Å². The molecule has 2 rings (SSSR count). The first-order valence-corrected chi connectivity index (χ1v) is 7.76. The van der Waals surface area contributed by atoms with Gasteiger partial charge in [-0.1, -0.05) is 31.9 Å². The number of hydrogen-bond donors (Lipinski definition) is 2. The summed E-state index contributed by atoms with van der Waals surface area (Å²) in [5.74, 6) is -0.169. The van der Waals surface area contributed by atoms with Crippen LogP contribution in [0.2, 0.25) is 0 Å². The summed E-state index contributed by atoms with van der Waals surface area (Å²) in [6.45, 7) is 3.24. The molecule has 0 aromatic heterocycles. The van der Waals surface area contributed by atoms with E-state index in [-0.39, 0.29) is 23.1 Å². The zero-order valence-electron chi connectivity index (χ0n) is 12.9. The van der Waals surface area contributed by atoms with Crippen molar-refractivity contribution in [1.82, 2.24) is 10.6 Å². The van der Waals surface area contributed by atoms with Crippen LogP contribution in [-0.4, -0.2) is 26.0 Å². The molecule has 1 aromatic carbocycles. The lowest BCUT2D eigenvalue weighted by molar-refractivity contribution is -0.124. The maximum Gasteiger partial charge on any atom is 0.224 e. The van der Waals surface area contributed by atoms with E-state index in [1.807, 2.05) is 26.1 Å². The van der Waals surface area contributed by atoms with E-state index < -0.39 is 0 Å². The fourth-order valence-electron chi connectivity index (χ4n) is 3.25. The predicted octanol–water partition coefficient (Wildman–Crippen LogP) is 2.61. The molecule has 21 heavy (non-hydrogen) atoms. The molecule has 1 fully saturated rings. The van der Waals surface area contributed by atoms with Crippen LogP contribution in [0.1, 0.15) is 38.2 Å². The van der Waals surface area contributed by atoms with Gasteiger partial charge in [-0.2, -0.15) is 0 Å². The van der Waals surface area contributed by atoms with Gasteiger partial charge in [-0.15, -0.1) is 0 Å². The second-order valence-electron chi connectivity index (χ2n) is 6.17. The summed E-state index contributed by atoms with van der Waals surface area (Å²) < 4.78 is 13.1. The van der Waals surface area contributed by atoms with E-state index in [9.17, 15) is 9.18 Å². The number of carbonyl (C=O) groups excluding carboxylic acids is 1. The van der Waals surface area contributed by atoms with Crippen LogP contribution in [0.15, 0.2) is 24.3 Å². The zero-order valence-corrected chi connectivity index (χ0v) is 12.9. The van der Waals surface area contributed by atoms with Crippen LogP contribution in [0, 0.1) is 11.7 Å². The SMILES string of the molecule is CNCC(C)C(=O)NCC1(c2ccc(F)cc2)CCCC1. The lowest BCUT2D eigenvalue weighted by Gasteiger charge is -2.30. The molecule has 0 radical (unpaired) electrons. The third-order valence-corrected chi connectivity index (χ3v) is 4.58. The Bertz CT molecular complexity index is 466. The fourth-order valence-corrected chi connectivity index (χ4v) is 3.25. The lowest BCUT2D eigenvalue weighted by atomic mass is 9.78. The molecule has 0 saturated heterocycles. The number of hydrogen-bond acceptors (Lipinski definition) is 2. The highest BCUT2D eigenvalue weighted by atomic mass is 19.1. The minimum Gasteiger partial charge on any atom is -0.355 e. The van der Waals surface area contributed by atoms with Crippen molar-refractivity contribution >= 4 is 5.91 Å². The number of nitrogens with one attached hydrogen (secondary N) is 2. The number of rotatable bonds is 6. The van der Waals surface area contributed by atoms with E-state index in [0.717, 1.165) is 18.4 Å². The molecule has 116 valence electrons. The molecule has 0 aliphatic heterocycles. The summed E-state index contributed by atoms with van der Waals surface area (Å²) in [5.41, 5.74) is 1.12. The van der Waals surface area contributed by atoms with Gasteiger partial charge in [0.2, 0.25) is 5.91 Å². The maximum atomic E-state index is 13.1. The second kappa shape index (κ2) is 7.03. The van der Waals surface area contributed by atoms with Crippen molar-refractivity contribution in [3.8, 4) is 0 Å². The molecule has 1 amide bonds. The Balaban J connectivity index is 2.05. The first-order valence-electron chi connectivity index (χ1n) is 7.76. The Morgan fingerprint density at radius 1 is 1.29 bits per heavy atom. The van der Waals surface area contributed by atoms with Gasteiger partial charge in [0.15, 0.2) is 0 Å². The highest BCUT2D eigenvalue weighted by Crippen LogP contribution is 2.40. The predicted molar refractivity (Wildman–Crippen MR) is 82.6 cm³/mol. The van der Waals surface area contributed by atoms with Gasteiger partial charge in [0.05, 0.1) is 0 Å². The molecule has 1 atom stereocenters. The Morgan fingerprint density at radius 2 is 1.90 bits per heavy atom. The van der Waals surface area contributed by atoms with E-state index in [0.29, 0.717) is 13.1 Å². The minimum atomic E-state index is -0.210. The van der Waals surface area contributed by atoms with Gasteiger partial charge >= 0.3 is 0 Å². The number of benzene rings is 1. The van der Waals surface area contributed by atoms with Crippen LogP contribution < -0.4 is 10.6 Å². The van der Waals surface area contributed by atoms with Gasteiger partial charge in [-0.3, -0.25) is 4.79 Å². The van der Waals surface area contributed by atoms with Crippen LogP contribution in [-0.2, 0) is 10.2 Å². The molecule has 3 nitrogen and oxygen atoms in total. The van der Waals surface area contributed by atoms with Gasteiger partial charge in [0.1, 0.15) is 5.82 Å². The van der Waals surface area contributed by atoms with Crippen molar-refractivity contribution in [2.24, 2.45) is 5.92 Å². The van der Waals surface area contributed by atoms with Crippen LogP contribution in [0.25, 0.3) is 0 Å². The highest BCUT2D eigenvalue weighted by Gasteiger charge is 2.36. The minimum absolute atomic E-state index is 0.0251. The van der Waals surface area contributed by atoms with E-state index in [2.05, 4.69) is 10.6 Å². The smallest absolute Gasteiger partial charge is 0.224 e. The number of carbonyl (C=O) groups is 1. The monoisotopic (exact) mass is 292 g/mol. The lowest BCUT2D eigenvalue weighted by Crippen LogP contribution is -2.42. The molecule has 1 saturated carbocycles. The van der Waals surface area contributed by atoms with Crippen LogP contribution in [0.5, 0.6) is 0 Å². The molecule has 2 N–H and O–H groups in total. The number of halogens is 1. The normalized spacial score (nSPS) is 18.4. The van der Waals surface area contributed by atoms with E-state index in [1.54, 1.807) is 0 Å². The molecule has 1 unspecified atom stereocenters. The second-order valence-corrected chi connectivity index (χ2v) is 6.17. The maximum absolute atomic E-state index is 13.1. The Labute approximate surface area is 126 Å². The van der Waals surface area contributed by atoms with Crippen molar-refractivity contribution in [3.63, 3.8) is 0 Å². The topological polar surface area (TPSA) is 41.1 Å². The van der Waals surface area contributed by atoms with Gasteiger partial charge in [-0.05, 0) is 37.6 Å². The summed E-state index contributed by atoms with van der Waals surface area (Å²) in [6.07, 6.45) is 4.44. The van der Waals surface area contributed by atoms with Crippen molar-refractivity contribution in [2.75, 3.05) is 20.1 Å². The zero-order chi connectivity index (χ0) is 15.3. The Hall–Kier alpha value is -1.42. The fraction of sp³-hybridized carbons (Fsp3) is 0.588. The van der Waals surface area contributed by atoms with E-state index in [4.69, 9.17) is 0 Å². The molecular formula is C17H25FN2O. The molecule has 0 heterocycles. The van der Waals surface area contributed by atoms with Gasteiger partial charge in [0.25, 0.3) is 0 Å². The van der Waals surface area contributed by atoms with Crippen LogP contribution in [0.4, 0.5) is 4.39 Å². The van der Waals surface area contributed by atoms with E-state index in [1.165, 1.54) is 25.0 Å². The van der Waals surface area contributed by atoms with E-state index >= 15 is 0 Å². The first-order chi connectivity index (χ1) is 10.1. The van der Waals surface area contributed by atoms with Crippen molar-refractivity contribution < 1.29 is 9.18 Å². The van der Waals surface area contributed by atoms with Crippen molar-refractivity contribution in [2.45, 2.75) is 38.0 Å².